The van der Waals surface area contributed by atoms with Gasteiger partial charge in [0, 0.05) is 37.4 Å². The molecule has 0 aromatic heterocycles. The van der Waals surface area contributed by atoms with Crippen LogP contribution in [0.2, 0.25) is 0 Å². The third-order valence-electron chi connectivity index (χ3n) is 3.83. The Morgan fingerprint density at radius 1 is 1.14 bits per heavy atom. The fourth-order valence-electron chi connectivity index (χ4n) is 2.48. The average Bonchev–Trinajstić information content (AvgIpc) is 2.48. The first kappa shape index (κ1) is 15.7. The number of ketones is 1. The lowest BCUT2D eigenvalue weighted by Gasteiger charge is -2.33. The minimum Gasteiger partial charge on any atom is -0.325 e. The summed E-state index contributed by atoms with van der Waals surface area (Å²) in [7, 11) is 0. The highest BCUT2D eigenvalue weighted by molar-refractivity contribution is 5.97. The van der Waals surface area contributed by atoms with Crippen LogP contribution in [-0.2, 0) is 4.79 Å². The number of rotatable bonds is 5. The molecule has 0 atom stereocenters. The first-order valence-electron chi connectivity index (χ1n) is 7.44. The smallest absolute Gasteiger partial charge is 0.238 e. The molecule has 5 nitrogen and oxygen atoms in total. The van der Waals surface area contributed by atoms with Gasteiger partial charge in [-0.3, -0.25) is 14.5 Å². The van der Waals surface area contributed by atoms with Crippen molar-refractivity contribution < 1.29 is 9.59 Å². The Balaban J connectivity index is 1.85. The van der Waals surface area contributed by atoms with E-state index in [1.165, 1.54) is 6.92 Å². The van der Waals surface area contributed by atoms with Crippen LogP contribution in [0.5, 0.6) is 0 Å². The van der Waals surface area contributed by atoms with Gasteiger partial charge >= 0.3 is 0 Å². The van der Waals surface area contributed by atoms with Crippen LogP contribution in [0, 0.1) is 0 Å². The van der Waals surface area contributed by atoms with Crippen molar-refractivity contribution in [3.05, 3.63) is 29.8 Å². The largest absolute Gasteiger partial charge is 0.325 e. The van der Waals surface area contributed by atoms with Gasteiger partial charge in [-0.1, -0.05) is 19.1 Å². The highest BCUT2D eigenvalue weighted by Crippen LogP contribution is 2.11. The number of nitrogens with one attached hydrogen (secondary N) is 1. The molecule has 0 saturated carbocycles. The molecule has 1 saturated heterocycles. The first-order valence-corrected chi connectivity index (χ1v) is 7.44. The van der Waals surface area contributed by atoms with Gasteiger partial charge in [0.05, 0.1) is 6.54 Å². The molecular weight excluding hydrogens is 266 g/mol. The Labute approximate surface area is 125 Å². The van der Waals surface area contributed by atoms with Gasteiger partial charge in [0.25, 0.3) is 0 Å². The SMILES string of the molecule is CCN1CCN(CC(=O)Nc2cccc(C(C)=O)c2)CC1. The summed E-state index contributed by atoms with van der Waals surface area (Å²) in [6, 6.07) is 7.06. The molecule has 0 spiro atoms. The van der Waals surface area contributed by atoms with Crippen molar-refractivity contribution >= 4 is 17.4 Å². The number of hydrogen-bond donors (Lipinski definition) is 1. The van der Waals surface area contributed by atoms with Crippen LogP contribution in [0.3, 0.4) is 0 Å². The van der Waals surface area contributed by atoms with Gasteiger partial charge in [-0.05, 0) is 25.6 Å². The molecule has 1 aliphatic heterocycles. The van der Waals surface area contributed by atoms with E-state index in [2.05, 4.69) is 22.0 Å². The number of benzene rings is 1. The summed E-state index contributed by atoms with van der Waals surface area (Å²) >= 11 is 0. The molecule has 0 unspecified atom stereocenters. The number of hydrogen-bond acceptors (Lipinski definition) is 4. The maximum Gasteiger partial charge on any atom is 0.238 e. The number of carbonyl (C=O) groups excluding carboxylic acids is 2. The third kappa shape index (κ3) is 4.65. The molecule has 1 amide bonds. The van der Waals surface area contributed by atoms with Gasteiger partial charge in [-0.2, -0.15) is 0 Å². The number of nitrogens with zero attached hydrogens (tertiary/aromatic N) is 2. The van der Waals surface area contributed by atoms with Crippen molar-refractivity contribution in [2.24, 2.45) is 0 Å². The molecule has 0 bridgehead atoms. The molecular formula is C16H23N3O2. The summed E-state index contributed by atoms with van der Waals surface area (Å²) < 4.78 is 0. The van der Waals surface area contributed by atoms with Crippen LogP contribution in [0.15, 0.2) is 24.3 Å². The second kappa shape index (κ2) is 7.33. The van der Waals surface area contributed by atoms with Crippen molar-refractivity contribution in [1.29, 1.82) is 0 Å². The number of piperazine rings is 1. The van der Waals surface area contributed by atoms with E-state index in [0.717, 1.165) is 32.7 Å². The summed E-state index contributed by atoms with van der Waals surface area (Å²) in [4.78, 5) is 27.9. The van der Waals surface area contributed by atoms with Gasteiger partial charge in [-0.25, -0.2) is 0 Å². The molecule has 2 rings (SSSR count). The Bertz CT molecular complexity index is 508. The van der Waals surface area contributed by atoms with Gasteiger partial charge in [0.1, 0.15) is 0 Å². The van der Waals surface area contributed by atoms with Gasteiger partial charge in [0.2, 0.25) is 5.91 Å². The fourth-order valence-corrected chi connectivity index (χ4v) is 2.48. The van der Waals surface area contributed by atoms with E-state index in [9.17, 15) is 9.59 Å². The normalized spacial score (nSPS) is 16.7. The standard InChI is InChI=1S/C16H23N3O2/c1-3-18-7-9-19(10-8-18)12-16(21)17-15-6-4-5-14(11-15)13(2)20/h4-6,11H,3,7-10,12H2,1-2H3,(H,17,21). The summed E-state index contributed by atoms with van der Waals surface area (Å²) in [5.41, 5.74) is 1.30. The molecule has 1 fully saturated rings. The van der Waals surface area contributed by atoms with Crippen molar-refractivity contribution in [1.82, 2.24) is 9.80 Å². The van der Waals surface area contributed by atoms with Crippen LogP contribution < -0.4 is 5.32 Å². The van der Waals surface area contributed by atoms with Crippen molar-refractivity contribution in [3.63, 3.8) is 0 Å². The topological polar surface area (TPSA) is 52.6 Å². The Kier molecular flexibility index (Phi) is 5.47. The highest BCUT2D eigenvalue weighted by Gasteiger charge is 2.17. The second-order valence-electron chi connectivity index (χ2n) is 5.40. The van der Waals surface area contributed by atoms with Gasteiger partial charge in [0.15, 0.2) is 5.78 Å². The minimum atomic E-state index is -0.0272. The van der Waals surface area contributed by atoms with Crippen LogP contribution in [0.1, 0.15) is 24.2 Å². The summed E-state index contributed by atoms with van der Waals surface area (Å²) in [6.07, 6.45) is 0. The minimum absolute atomic E-state index is 0.00165. The predicted molar refractivity (Wildman–Crippen MR) is 83.6 cm³/mol. The van der Waals surface area contributed by atoms with Crippen molar-refractivity contribution in [2.45, 2.75) is 13.8 Å². The molecule has 21 heavy (non-hydrogen) atoms. The van der Waals surface area contributed by atoms with E-state index < -0.39 is 0 Å². The third-order valence-corrected chi connectivity index (χ3v) is 3.83. The molecule has 0 radical (unpaired) electrons. The maximum atomic E-state index is 12.1. The maximum absolute atomic E-state index is 12.1. The summed E-state index contributed by atoms with van der Waals surface area (Å²) in [5, 5.41) is 2.86. The zero-order chi connectivity index (χ0) is 15.2. The average molecular weight is 289 g/mol. The number of anilines is 1. The Morgan fingerprint density at radius 3 is 2.43 bits per heavy atom. The number of Topliss-reactive ketones (excluding diaryl/α,β-unsaturated/α-hetero) is 1. The van der Waals surface area contributed by atoms with Crippen LogP contribution >= 0.6 is 0 Å². The quantitative estimate of drug-likeness (QED) is 0.834. The summed E-state index contributed by atoms with van der Waals surface area (Å²) in [6.45, 7) is 9.04. The van der Waals surface area contributed by atoms with E-state index in [0.29, 0.717) is 17.8 Å². The van der Waals surface area contributed by atoms with E-state index in [1.54, 1.807) is 24.3 Å². The molecule has 1 aromatic rings. The van der Waals surface area contributed by atoms with Crippen molar-refractivity contribution in [3.8, 4) is 0 Å². The zero-order valence-corrected chi connectivity index (χ0v) is 12.8. The monoisotopic (exact) mass is 289 g/mol. The van der Waals surface area contributed by atoms with Crippen LogP contribution in [0.4, 0.5) is 5.69 Å². The van der Waals surface area contributed by atoms with Crippen LogP contribution in [-0.4, -0.2) is 60.8 Å². The van der Waals surface area contributed by atoms with E-state index in [1.807, 2.05) is 0 Å². The van der Waals surface area contributed by atoms with E-state index in [-0.39, 0.29) is 11.7 Å². The lowest BCUT2D eigenvalue weighted by molar-refractivity contribution is -0.117. The molecule has 1 aliphatic rings. The molecule has 1 aromatic carbocycles. The zero-order valence-electron chi connectivity index (χ0n) is 12.8. The highest BCUT2D eigenvalue weighted by atomic mass is 16.2. The number of carbonyl (C=O) groups is 2. The fraction of sp³-hybridized carbons (Fsp3) is 0.500. The summed E-state index contributed by atoms with van der Waals surface area (Å²) in [5.74, 6) is -0.0255. The molecule has 1 heterocycles. The van der Waals surface area contributed by atoms with E-state index >= 15 is 0 Å². The Hall–Kier alpha value is -1.72. The number of amides is 1. The first-order chi connectivity index (χ1) is 10.1. The van der Waals surface area contributed by atoms with Gasteiger partial charge < -0.3 is 10.2 Å². The predicted octanol–water partition coefficient (Wildman–Crippen LogP) is 1.47. The lowest BCUT2D eigenvalue weighted by atomic mass is 10.1. The molecule has 5 heteroatoms. The van der Waals surface area contributed by atoms with E-state index in [4.69, 9.17) is 0 Å². The number of likely N-dealkylation sites (N-methyl/N-ethyl adjacent to an activating group) is 1. The van der Waals surface area contributed by atoms with Crippen molar-refractivity contribution in [2.75, 3.05) is 44.6 Å². The Morgan fingerprint density at radius 2 is 1.81 bits per heavy atom. The van der Waals surface area contributed by atoms with Crippen LogP contribution in [0.25, 0.3) is 0 Å². The molecule has 0 aliphatic carbocycles. The molecule has 1 N–H and O–H groups in total. The molecule has 114 valence electrons. The second-order valence-corrected chi connectivity index (χ2v) is 5.40. The lowest BCUT2D eigenvalue weighted by Crippen LogP contribution is -2.48. The van der Waals surface area contributed by atoms with Gasteiger partial charge in [-0.15, -0.1) is 0 Å².